The quantitative estimate of drug-likeness (QED) is 0.306. The summed E-state index contributed by atoms with van der Waals surface area (Å²) in [6, 6.07) is 8.25. The Bertz CT molecular complexity index is 1550. The molecule has 4 aromatic rings. The number of sulfonamides is 1. The molecule has 0 bridgehead atoms. The summed E-state index contributed by atoms with van der Waals surface area (Å²) in [6.07, 6.45) is 4.50. The van der Waals surface area contributed by atoms with Crippen LogP contribution in [-0.4, -0.2) is 30.5 Å². The summed E-state index contributed by atoms with van der Waals surface area (Å²) in [7, 11) is -3.54. The predicted molar refractivity (Wildman–Crippen MR) is 134 cm³/mol. The maximum absolute atomic E-state index is 13.9. The van der Waals surface area contributed by atoms with E-state index in [1.807, 2.05) is 0 Å². The minimum Gasteiger partial charge on any atom is -0.486 e. The lowest BCUT2D eigenvalue weighted by molar-refractivity contribution is 0.103. The SMILES string of the molecule is CS(=O)(=O)Nc1cc(Cl)cc(NC(=O)c2cc(-c3ncc(F)cc3OCc3cncc(F)c3)cs2)c1. The molecule has 1 aromatic carbocycles. The third-order valence-corrected chi connectivity index (χ3v) is 6.28. The average molecular weight is 551 g/mol. The van der Waals surface area contributed by atoms with E-state index >= 15 is 0 Å². The number of aromatic nitrogens is 2. The van der Waals surface area contributed by atoms with E-state index in [9.17, 15) is 22.0 Å². The minimum atomic E-state index is -3.54. The fraction of sp³-hybridized carbons (Fsp3) is 0.0870. The molecule has 3 aromatic heterocycles. The monoisotopic (exact) mass is 550 g/mol. The first kappa shape index (κ1) is 25.5. The highest BCUT2D eigenvalue weighted by atomic mass is 35.5. The molecule has 0 unspecified atom stereocenters. The maximum atomic E-state index is 13.9. The predicted octanol–water partition coefficient (Wildman–Crippen LogP) is 5.34. The van der Waals surface area contributed by atoms with Gasteiger partial charge in [-0.3, -0.25) is 14.5 Å². The van der Waals surface area contributed by atoms with Gasteiger partial charge >= 0.3 is 0 Å². The Morgan fingerprint density at radius 1 is 1.06 bits per heavy atom. The van der Waals surface area contributed by atoms with Crippen LogP contribution >= 0.6 is 22.9 Å². The van der Waals surface area contributed by atoms with Crippen LogP contribution in [0.5, 0.6) is 5.75 Å². The highest BCUT2D eigenvalue weighted by Gasteiger charge is 2.16. The number of pyridine rings is 2. The lowest BCUT2D eigenvalue weighted by Crippen LogP contribution is -2.12. The van der Waals surface area contributed by atoms with Crippen LogP contribution in [0.25, 0.3) is 11.3 Å². The first-order chi connectivity index (χ1) is 17.1. The van der Waals surface area contributed by atoms with Gasteiger partial charge in [0, 0.05) is 39.5 Å². The molecule has 8 nitrogen and oxygen atoms in total. The minimum absolute atomic E-state index is 0.0704. The molecule has 186 valence electrons. The van der Waals surface area contributed by atoms with E-state index in [4.69, 9.17) is 16.3 Å². The molecule has 36 heavy (non-hydrogen) atoms. The second-order valence-corrected chi connectivity index (χ2v) is 10.7. The molecule has 0 atom stereocenters. The van der Waals surface area contributed by atoms with Crippen molar-refractivity contribution in [3.05, 3.63) is 87.5 Å². The molecule has 13 heteroatoms. The van der Waals surface area contributed by atoms with Crippen LogP contribution in [-0.2, 0) is 16.6 Å². The number of hydrogen-bond acceptors (Lipinski definition) is 7. The van der Waals surface area contributed by atoms with Crippen molar-refractivity contribution in [3.8, 4) is 17.0 Å². The number of benzene rings is 1. The van der Waals surface area contributed by atoms with Crippen molar-refractivity contribution in [1.29, 1.82) is 0 Å². The van der Waals surface area contributed by atoms with Crippen LogP contribution in [0.1, 0.15) is 15.2 Å². The number of hydrogen-bond donors (Lipinski definition) is 2. The van der Waals surface area contributed by atoms with Gasteiger partial charge in [0.05, 0.1) is 29.2 Å². The molecule has 0 spiro atoms. The van der Waals surface area contributed by atoms with Gasteiger partial charge in [0.25, 0.3) is 5.91 Å². The van der Waals surface area contributed by atoms with Crippen LogP contribution in [0.2, 0.25) is 5.02 Å². The number of carbonyl (C=O) groups is 1. The standard InChI is InChI=1S/C23H17ClF2N4O4S2/c1-36(32,33)30-19-5-15(24)4-18(7-19)29-23(31)21-3-14(12-35-21)22-20(6-17(26)10-28-22)34-11-13-2-16(25)9-27-8-13/h2-10,12,30H,11H2,1H3,(H,29,31). The second kappa shape index (κ2) is 10.6. The Morgan fingerprint density at radius 2 is 1.81 bits per heavy atom. The number of nitrogens with zero attached hydrogens (tertiary/aromatic N) is 2. The number of thiophene rings is 1. The van der Waals surface area contributed by atoms with E-state index in [0.717, 1.165) is 36.1 Å². The average Bonchev–Trinajstić information content (AvgIpc) is 3.26. The van der Waals surface area contributed by atoms with E-state index in [-0.39, 0.29) is 28.8 Å². The van der Waals surface area contributed by atoms with Crippen LogP contribution in [0, 0.1) is 11.6 Å². The summed E-state index contributed by atoms with van der Waals surface area (Å²) in [5.74, 6) is -1.52. The van der Waals surface area contributed by atoms with Crippen molar-refractivity contribution in [2.24, 2.45) is 0 Å². The maximum Gasteiger partial charge on any atom is 0.265 e. The van der Waals surface area contributed by atoms with E-state index in [1.165, 1.54) is 30.5 Å². The zero-order chi connectivity index (χ0) is 25.9. The van der Waals surface area contributed by atoms with E-state index in [2.05, 4.69) is 20.0 Å². The van der Waals surface area contributed by atoms with Gasteiger partial charge in [0.15, 0.2) is 0 Å². The first-order valence-electron chi connectivity index (χ1n) is 10.1. The number of amides is 1. The van der Waals surface area contributed by atoms with Crippen LogP contribution in [0.15, 0.2) is 60.4 Å². The molecule has 0 aliphatic rings. The van der Waals surface area contributed by atoms with Crippen LogP contribution in [0.4, 0.5) is 20.2 Å². The van der Waals surface area contributed by atoms with E-state index < -0.39 is 27.6 Å². The zero-order valence-electron chi connectivity index (χ0n) is 18.5. The second-order valence-electron chi connectivity index (χ2n) is 7.56. The normalized spacial score (nSPS) is 11.2. The Morgan fingerprint density at radius 3 is 2.56 bits per heavy atom. The van der Waals surface area contributed by atoms with Gasteiger partial charge in [-0.25, -0.2) is 22.2 Å². The lowest BCUT2D eigenvalue weighted by atomic mass is 10.2. The third kappa shape index (κ3) is 6.74. The number of nitrogens with one attached hydrogen (secondary N) is 2. The Labute approximate surface area is 214 Å². The largest absolute Gasteiger partial charge is 0.486 e. The smallest absolute Gasteiger partial charge is 0.265 e. The van der Waals surface area contributed by atoms with Crippen molar-refractivity contribution < 1.29 is 26.7 Å². The molecular formula is C23H17ClF2N4O4S2. The number of rotatable bonds is 8. The summed E-state index contributed by atoms with van der Waals surface area (Å²) in [6.45, 7) is -0.0704. The number of anilines is 2. The Balaban J connectivity index is 1.53. The number of ether oxygens (including phenoxy) is 1. The number of carbonyl (C=O) groups excluding carboxylic acids is 1. The molecule has 3 heterocycles. The fourth-order valence-corrected chi connectivity index (χ4v) is 4.72. The van der Waals surface area contributed by atoms with Gasteiger partial charge in [-0.15, -0.1) is 11.3 Å². The summed E-state index contributed by atoms with van der Waals surface area (Å²) >= 11 is 7.16. The van der Waals surface area contributed by atoms with Crippen molar-refractivity contribution in [3.63, 3.8) is 0 Å². The third-order valence-electron chi connectivity index (χ3n) is 4.53. The Kier molecular flexibility index (Phi) is 7.48. The van der Waals surface area contributed by atoms with Gasteiger partial charge in [0.2, 0.25) is 10.0 Å². The van der Waals surface area contributed by atoms with Crippen LogP contribution in [0.3, 0.4) is 0 Å². The van der Waals surface area contributed by atoms with Gasteiger partial charge in [-0.05, 0) is 30.3 Å². The van der Waals surface area contributed by atoms with Crippen molar-refractivity contribution in [2.75, 3.05) is 16.3 Å². The summed E-state index contributed by atoms with van der Waals surface area (Å²) in [4.78, 5) is 21.0. The van der Waals surface area contributed by atoms with Gasteiger partial charge in [0.1, 0.15) is 29.7 Å². The molecule has 0 aliphatic heterocycles. The van der Waals surface area contributed by atoms with E-state index in [0.29, 0.717) is 21.7 Å². The highest BCUT2D eigenvalue weighted by Crippen LogP contribution is 2.33. The summed E-state index contributed by atoms with van der Waals surface area (Å²) in [5, 5.41) is 4.54. The molecule has 0 fully saturated rings. The molecule has 1 amide bonds. The highest BCUT2D eigenvalue weighted by molar-refractivity contribution is 7.92. The topological polar surface area (TPSA) is 110 Å². The first-order valence-corrected chi connectivity index (χ1v) is 13.3. The lowest BCUT2D eigenvalue weighted by Gasteiger charge is -2.10. The van der Waals surface area contributed by atoms with Gasteiger partial charge in [-0.1, -0.05) is 11.6 Å². The summed E-state index contributed by atoms with van der Waals surface area (Å²) in [5.41, 5.74) is 1.71. The van der Waals surface area contributed by atoms with E-state index in [1.54, 1.807) is 11.4 Å². The number of halogens is 3. The Hall–Kier alpha value is -3.61. The molecular weight excluding hydrogens is 534 g/mol. The molecule has 2 N–H and O–H groups in total. The zero-order valence-corrected chi connectivity index (χ0v) is 20.8. The molecule has 4 rings (SSSR count). The van der Waals surface area contributed by atoms with Crippen LogP contribution < -0.4 is 14.8 Å². The molecule has 0 saturated heterocycles. The van der Waals surface area contributed by atoms with Crippen molar-refractivity contribution in [1.82, 2.24) is 9.97 Å². The fourth-order valence-electron chi connectivity index (χ4n) is 3.15. The van der Waals surface area contributed by atoms with Crippen molar-refractivity contribution >= 4 is 50.2 Å². The summed E-state index contributed by atoms with van der Waals surface area (Å²) < 4.78 is 58.2. The van der Waals surface area contributed by atoms with Gasteiger partial charge < -0.3 is 10.1 Å². The molecule has 0 saturated carbocycles. The molecule has 0 radical (unpaired) electrons. The van der Waals surface area contributed by atoms with Crippen molar-refractivity contribution in [2.45, 2.75) is 6.61 Å². The van der Waals surface area contributed by atoms with Gasteiger partial charge in [-0.2, -0.15) is 0 Å². The molecule has 0 aliphatic carbocycles.